The van der Waals surface area contributed by atoms with Crippen molar-refractivity contribution < 1.29 is 4.74 Å². The number of methoxy groups -OCH3 is 1. The number of nitrogens with zero attached hydrogens (tertiary/aromatic N) is 3. The maximum atomic E-state index is 5.29. The lowest BCUT2D eigenvalue weighted by Crippen LogP contribution is -2.30. The largest absolute Gasteiger partial charge is 0.497 e. The SMILES string of the molecule is COc1ccc2nc(NCCc3ccc(N=C4SC5CCC[C@H]5N4C)cc3)sc2c1. The van der Waals surface area contributed by atoms with Crippen LogP contribution in [0, 0.1) is 0 Å². The van der Waals surface area contributed by atoms with Crippen molar-refractivity contribution >= 4 is 49.3 Å². The number of thioether (sulfide) groups is 1. The second-order valence-corrected chi connectivity index (χ2v) is 10.1. The highest BCUT2D eigenvalue weighted by atomic mass is 32.2. The molecule has 0 radical (unpaired) electrons. The Kier molecular flexibility index (Phi) is 5.56. The molecule has 5 rings (SSSR count). The number of anilines is 1. The number of aliphatic imine (C=N–C) groups is 1. The van der Waals surface area contributed by atoms with E-state index in [1.807, 2.05) is 30.0 Å². The average Bonchev–Trinajstić information content (AvgIpc) is 3.45. The van der Waals surface area contributed by atoms with Crippen molar-refractivity contribution in [2.75, 3.05) is 26.0 Å². The molecule has 0 spiro atoms. The predicted molar refractivity (Wildman–Crippen MR) is 129 cm³/mol. The molecule has 1 saturated carbocycles. The second-order valence-electron chi connectivity index (χ2n) is 7.86. The van der Waals surface area contributed by atoms with E-state index in [-0.39, 0.29) is 0 Å². The monoisotopic (exact) mass is 438 g/mol. The zero-order valence-electron chi connectivity index (χ0n) is 17.3. The minimum atomic E-state index is 0.683. The molecular weight excluding hydrogens is 412 g/mol. The molecule has 1 aromatic heterocycles. The Morgan fingerprint density at radius 2 is 2.07 bits per heavy atom. The molecule has 156 valence electrons. The van der Waals surface area contributed by atoms with Gasteiger partial charge in [-0.25, -0.2) is 9.98 Å². The summed E-state index contributed by atoms with van der Waals surface area (Å²) in [6.45, 7) is 0.854. The lowest BCUT2D eigenvalue weighted by molar-refractivity contribution is 0.397. The number of hydrogen-bond acceptors (Lipinski definition) is 6. The Hall–Kier alpha value is -2.25. The molecule has 2 fully saturated rings. The van der Waals surface area contributed by atoms with Gasteiger partial charge < -0.3 is 15.0 Å². The first kappa shape index (κ1) is 19.7. The molecule has 1 saturated heterocycles. The van der Waals surface area contributed by atoms with Gasteiger partial charge in [0.05, 0.1) is 23.0 Å². The quantitative estimate of drug-likeness (QED) is 0.547. The average molecular weight is 439 g/mol. The molecule has 0 amide bonds. The fourth-order valence-electron chi connectivity index (χ4n) is 4.22. The summed E-state index contributed by atoms with van der Waals surface area (Å²) < 4.78 is 6.43. The number of hydrogen-bond donors (Lipinski definition) is 1. The topological polar surface area (TPSA) is 49.8 Å². The molecule has 3 aromatic rings. The van der Waals surface area contributed by atoms with Gasteiger partial charge in [0, 0.05) is 24.9 Å². The molecule has 1 unspecified atom stereocenters. The Bertz CT molecular complexity index is 1060. The van der Waals surface area contributed by atoms with Crippen LogP contribution in [0.15, 0.2) is 47.5 Å². The Morgan fingerprint density at radius 1 is 1.20 bits per heavy atom. The second kappa shape index (κ2) is 8.47. The summed E-state index contributed by atoms with van der Waals surface area (Å²) in [5.74, 6) is 0.867. The van der Waals surface area contributed by atoms with Gasteiger partial charge in [-0.2, -0.15) is 0 Å². The van der Waals surface area contributed by atoms with Crippen LogP contribution in [0.5, 0.6) is 5.75 Å². The van der Waals surface area contributed by atoms with E-state index in [9.17, 15) is 0 Å². The normalized spacial score (nSPS) is 22.1. The van der Waals surface area contributed by atoms with Gasteiger partial charge in [-0.05, 0) is 55.2 Å². The number of aromatic nitrogens is 1. The van der Waals surface area contributed by atoms with Gasteiger partial charge in [0.25, 0.3) is 0 Å². The molecule has 1 aliphatic heterocycles. The third-order valence-electron chi connectivity index (χ3n) is 5.92. The summed E-state index contributed by atoms with van der Waals surface area (Å²) in [5.41, 5.74) is 3.35. The van der Waals surface area contributed by atoms with E-state index in [4.69, 9.17) is 9.73 Å². The van der Waals surface area contributed by atoms with Gasteiger partial charge in [-0.15, -0.1) is 0 Å². The molecule has 30 heavy (non-hydrogen) atoms. The zero-order valence-corrected chi connectivity index (χ0v) is 18.9. The van der Waals surface area contributed by atoms with Crippen molar-refractivity contribution in [2.45, 2.75) is 37.0 Å². The number of ether oxygens (including phenoxy) is 1. The molecular formula is C23H26N4OS2. The molecule has 0 bridgehead atoms. The minimum absolute atomic E-state index is 0.683. The number of amidine groups is 1. The highest BCUT2D eigenvalue weighted by Gasteiger charge is 2.39. The molecule has 5 nitrogen and oxygen atoms in total. The predicted octanol–water partition coefficient (Wildman–Crippen LogP) is 5.55. The van der Waals surface area contributed by atoms with E-state index in [0.717, 1.165) is 45.0 Å². The van der Waals surface area contributed by atoms with E-state index in [1.54, 1.807) is 18.4 Å². The molecule has 2 aliphatic rings. The molecule has 7 heteroatoms. The van der Waals surface area contributed by atoms with E-state index < -0.39 is 0 Å². The van der Waals surface area contributed by atoms with E-state index in [0.29, 0.717) is 6.04 Å². The van der Waals surface area contributed by atoms with Crippen LogP contribution in [0.1, 0.15) is 24.8 Å². The highest BCUT2D eigenvalue weighted by molar-refractivity contribution is 8.14. The first-order valence-corrected chi connectivity index (χ1v) is 12.1. The highest BCUT2D eigenvalue weighted by Crippen LogP contribution is 2.41. The van der Waals surface area contributed by atoms with Gasteiger partial charge in [0.1, 0.15) is 5.75 Å². The fourth-order valence-corrected chi connectivity index (χ4v) is 6.63. The Labute approximate surface area is 185 Å². The minimum Gasteiger partial charge on any atom is -0.497 e. The molecule has 1 aliphatic carbocycles. The lowest BCUT2D eigenvalue weighted by Gasteiger charge is -2.19. The van der Waals surface area contributed by atoms with Crippen molar-refractivity contribution in [3.63, 3.8) is 0 Å². The summed E-state index contributed by atoms with van der Waals surface area (Å²) in [4.78, 5) is 11.9. The summed E-state index contributed by atoms with van der Waals surface area (Å²) in [6.07, 6.45) is 4.94. The molecule has 1 N–H and O–H groups in total. The first-order valence-electron chi connectivity index (χ1n) is 10.5. The van der Waals surface area contributed by atoms with Gasteiger partial charge in [0.15, 0.2) is 10.3 Å². The first-order chi connectivity index (χ1) is 14.7. The van der Waals surface area contributed by atoms with Crippen LogP contribution in [-0.4, -0.2) is 47.0 Å². The summed E-state index contributed by atoms with van der Waals surface area (Å²) >= 11 is 3.62. The van der Waals surface area contributed by atoms with Crippen LogP contribution in [0.25, 0.3) is 10.2 Å². The lowest BCUT2D eigenvalue weighted by atomic mass is 10.1. The van der Waals surface area contributed by atoms with Crippen molar-refractivity contribution in [1.82, 2.24) is 9.88 Å². The van der Waals surface area contributed by atoms with Crippen molar-refractivity contribution in [1.29, 1.82) is 0 Å². The van der Waals surface area contributed by atoms with Crippen LogP contribution in [0.4, 0.5) is 10.8 Å². The van der Waals surface area contributed by atoms with Gasteiger partial charge in [0.2, 0.25) is 0 Å². The number of thiazole rings is 1. The van der Waals surface area contributed by atoms with Gasteiger partial charge in [-0.1, -0.05) is 41.7 Å². The maximum Gasteiger partial charge on any atom is 0.183 e. The van der Waals surface area contributed by atoms with Crippen LogP contribution in [0.3, 0.4) is 0 Å². The van der Waals surface area contributed by atoms with Crippen molar-refractivity contribution in [3.05, 3.63) is 48.0 Å². The summed E-state index contributed by atoms with van der Waals surface area (Å²) in [6, 6.07) is 15.3. The summed E-state index contributed by atoms with van der Waals surface area (Å²) in [7, 11) is 3.88. The number of fused-ring (bicyclic) bond motifs is 2. The third kappa shape index (κ3) is 4.01. The van der Waals surface area contributed by atoms with E-state index >= 15 is 0 Å². The standard InChI is InChI=1S/C23H26N4OS2/c1-27-19-4-3-5-20(19)30-23(27)25-16-8-6-15(7-9-16)12-13-24-22-26-18-11-10-17(28-2)14-21(18)29-22/h6-11,14,19-20H,3-5,12-13H2,1-2H3,(H,24,26)/t19-,20?/m1/s1. The van der Waals surface area contributed by atoms with Crippen LogP contribution < -0.4 is 10.1 Å². The number of nitrogens with one attached hydrogen (secondary N) is 1. The Morgan fingerprint density at radius 3 is 2.87 bits per heavy atom. The Balaban J connectivity index is 1.17. The van der Waals surface area contributed by atoms with Crippen LogP contribution >= 0.6 is 23.1 Å². The summed E-state index contributed by atoms with van der Waals surface area (Å²) in [5, 5.41) is 6.31. The zero-order chi connectivity index (χ0) is 20.5. The maximum absolute atomic E-state index is 5.29. The third-order valence-corrected chi connectivity index (χ3v) is 8.34. The smallest absolute Gasteiger partial charge is 0.183 e. The van der Waals surface area contributed by atoms with Crippen LogP contribution in [-0.2, 0) is 6.42 Å². The molecule has 2 atom stereocenters. The van der Waals surface area contributed by atoms with Gasteiger partial charge >= 0.3 is 0 Å². The van der Waals surface area contributed by atoms with Gasteiger partial charge in [-0.3, -0.25) is 0 Å². The van der Waals surface area contributed by atoms with E-state index in [1.165, 1.54) is 30.0 Å². The fraction of sp³-hybridized carbons (Fsp3) is 0.391. The van der Waals surface area contributed by atoms with E-state index in [2.05, 4.69) is 46.5 Å². The molecule has 2 aromatic carbocycles. The van der Waals surface area contributed by atoms with Crippen molar-refractivity contribution in [2.24, 2.45) is 4.99 Å². The van der Waals surface area contributed by atoms with Crippen LogP contribution in [0.2, 0.25) is 0 Å². The number of rotatable bonds is 6. The van der Waals surface area contributed by atoms with Crippen molar-refractivity contribution in [3.8, 4) is 5.75 Å². The molecule has 2 heterocycles. The number of benzene rings is 2.